The van der Waals surface area contributed by atoms with Crippen LogP contribution in [-0.4, -0.2) is 25.6 Å². The van der Waals surface area contributed by atoms with Crippen LogP contribution < -0.4 is 10.6 Å². The average molecular weight is 396 g/mol. The molecule has 0 amide bonds. The molecule has 1 aromatic carbocycles. The SMILES string of the molecule is CCNC(=NCCCc1ccc(Cl)cc1)NCC.I. The molecule has 0 fully saturated rings. The molecule has 0 bridgehead atoms. The third-order valence-corrected chi connectivity index (χ3v) is 2.75. The van der Waals surface area contributed by atoms with E-state index in [1.807, 2.05) is 12.1 Å². The van der Waals surface area contributed by atoms with Crippen molar-refractivity contribution in [3.05, 3.63) is 34.9 Å². The van der Waals surface area contributed by atoms with Gasteiger partial charge in [-0.05, 0) is 44.4 Å². The molecule has 0 atom stereocenters. The fraction of sp³-hybridized carbons (Fsp3) is 0.500. The molecule has 0 saturated carbocycles. The summed E-state index contributed by atoms with van der Waals surface area (Å²) in [5.74, 6) is 0.899. The Balaban J connectivity index is 0.00000324. The molecule has 0 heterocycles. The summed E-state index contributed by atoms with van der Waals surface area (Å²) in [5, 5.41) is 7.21. The van der Waals surface area contributed by atoms with E-state index in [9.17, 15) is 0 Å². The van der Waals surface area contributed by atoms with Crippen LogP contribution in [0.2, 0.25) is 5.02 Å². The van der Waals surface area contributed by atoms with Gasteiger partial charge in [-0.2, -0.15) is 0 Å². The van der Waals surface area contributed by atoms with Crippen molar-refractivity contribution in [2.75, 3.05) is 19.6 Å². The number of benzene rings is 1. The maximum atomic E-state index is 5.85. The van der Waals surface area contributed by atoms with E-state index < -0.39 is 0 Å². The smallest absolute Gasteiger partial charge is 0.191 e. The molecule has 0 aliphatic rings. The third kappa shape index (κ3) is 8.31. The molecule has 0 unspecified atom stereocenters. The summed E-state index contributed by atoms with van der Waals surface area (Å²) < 4.78 is 0. The topological polar surface area (TPSA) is 36.4 Å². The lowest BCUT2D eigenvalue weighted by Crippen LogP contribution is -2.37. The van der Waals surface area contributed by atoms with E-state index in [2.05, 4.69) is 41.6 Å². The second-order valence-corrected chi connectivity index (χ2v) is 4.46. The molecule has 1 aromatic rings. The Morgan fingerprint density at radius 2 is 1.68 bits per heavy atom. The Kier molecular flexibility index (Phi) is 11.1. The van der Waals surface area contributed by atoms with Crippen molar-refractivity contribution >= 4 is 41.5 Å². The molecule has 108 valence electrons. The van der Waals surface area contributed by atoms with E-state index in [1.54, 1.807) is 0 Å². The number of nitrogens with one attached hydrogen (secondary N) is 2. The predicted molar refractivity (Wildman–Crippen MR) is 94.8 cm³/mol. The maximum absolute atomic E-state index is 5.85. The van der Waals surface area contributed by atoms with Gasteiger partial charge in [-0.3, -0.25) is 4.99 Å². The predicted octanol–water partition coefficient (Wildman–Crippen LogP) is 3.47. The molecular weight excluding hydrogens is 373 g/mol. The number of aliphatic imine (C=N–C) groups is 1. The van der Waals surface area contributed by atoms with Gasteiger partial charge in [-0.25, -0.2) is 0 Å². The van der Waals surface area contributed by atoms with E-state index in [1.165, 1.54) is 5.56 Å². The summed E-state index contributed by atoms with van der Waals surface area (Å²) >= 11 is 5.85. The standard InChI is InChI=1S/C14H22ClN3.HI/c1-3-16-14(17-4-2)18-11-5-6-12-7-9-13(15)10-8-12;/h7-10H,3-6,11H2,1-2H3,(H2,16,17,18);1H. The van der Waals surface area contributed by atoms with Gasteiger partial charge in [0.15, 0.2) is 5.96 Å². The summed E-state index contributed by atoms with van der Waals surface area (Å²) in [5.41, 5.74) is 1.31. The van der Waals surface area contributed by atoms with Crippen molar-refractivity contribution < 1.29 is 0 Å². The van der Waals surface area contributed by atoms with Crippen molar-refractivity contribution in [2.45, 2.75) is 26.7 Å². The molecule has 0 aliphatic carbocycles. The minimum atomic E-state index is 0. The number of guanidine groups is 1. The Bertz CT molecular complexity index is 357. The normalized spacial score (nSPS) is 9.42. The van der Waals surface area contributed by atoms with E-state index in [-0.39, 0.29) is 24.0 Å². The number of hydrogen-bond donors (Lipinski definition) is 2. The van der Waals surface area contributed by atoms with Gasteiger partial charge in [0.2, 0.25) is 0 Å². The molecule has 2 N–H and O–H groups in total. The van der Waals surface area contributed by atoms with Crippen molar-refractivity contribution in [2.24, 2.45) is 4.99 Å². The third-order valence-electron chi connectivity index (χ3n) is 2.50. The van der Waals surface area contributed by atoms with Crippen LogP contribution in [0, 0.1) is 0 Å². The van der Waals surface area contributed by atoms with Crippen molar-refractivity contribution in [1.29, 1.82) is 0 Å². The fourth-order valence-corrected chi connectivity index (χ4v) is 1.76. The Hall–Kier alpha value is -0.490. The quantitative estimate of drug-likeness (QED) is 0.335. The summed E-state index contributed by atoms with van der Waals surface area (Å²) in [4.78, 5) is 4.50. The molecule has 0 spiro atoms. The molecule has 0 aromatic heterocycles. The van der Waals surface area contributed by atoms with E-state index in [0.717, 1.165) is 43.5 Å². The summed E-state index contributed by atoms with van der Waals surface area (Å²) in [7, 11) is 0. The summed E-state index contributed by atoms with van der Waals surface area (Å²) in [6.45, 7) is 6.76. The Morgan fingerprint density at radius 3 is 2.21 bits per heavy atom. The van der Waals surface area contributed by atoms with Gasteiger partial charge in [0, 0.05) is 24.7 Å². The van der Waals surface area contributed by atoms with Gasteiger partial charge >= 0.3 is 0 Å². The van der Waals surface area contributed by atoms with Gasteiger partial charge < -0.3 is 10.6 Å². The minimum Gasteiger partial charge on any atom is -0.357 e. The van der Waals surface area contributed by atoms with Crippen LogP contribution in [0.3, 0.4) is 0 Å². The summed E-state index contributed by atoms with van der Waals surface area (Å²) in [6, 6.07) is 8.01. The van der Waals surface area contributed by atoms with Crippen LogP contribution in [0.15, 0.2) is 29.3 Å². The molecule has 5 heteroatoms. The first kappa shape index (κ1) is 18.5. The number of hydrogen-bond acceptors (Lipinski definition) is 1. The molecule has 1 rings (SSSR count). The van der Waals surface area contributed by atoms with E-state index >= 15 is 0 Å². The highest BCUT2D eigenvalue weighted by molar-refractivity contribution is 14.0. The van der Waals surface area contributed by atoms with Crippen molar-refractivity contribution in [1.82, 2.24) is 10.6 Å². The highest BCUT2D eigenvalue weighted by Gasteiger charge is 1.95. The lowest BCUT2D eigenvalue weighted by Gasteiger charge is -2.08. The van der Waals surface area contributed by atoms with Crippen LogP contribution in [0.1, 0.15) is 25.8 Å². The second-order valence-electron chi connectivity index (χ2n) is 4.02. The van der Waals surface area contributed by atoms with E-state index in [4.69, 9.17) is 11.6 Å². The number of halogens is 2. The van der Waals surface area contributed by atoms with Crippen LogP contribution in [-0.2, 0) is 6.42 Å². The zero-order valence-electron chi connectivity index (χ0n) is 11.6. The van der Waals surface area contributed by atoms with Crippen molar-refractivity contribution in [3.63, 3.8) is 0 Å². The van der Waals surface area contributed by atoms with Crippen LogP contribution in [0.4, 0.5) is 0 Å². The van der Waals surface area contributed by atoms with E-state index in [0.29, 0.717) is 0 Å². The van der Waals surface area contributed by atoms with Gasteiger partial charge in [-0.1, -0.05) is 23.7 Å². The van der Waals surface area contributed by atoms with Crippen molar-refractivity contribution in [3.8, 4) is 0 Å². The molecule has 19 heavy (non-hydrogen) atoms. The number of nitrogens with zero attached hydrogens (tertiary/aromatic N) is 1. The van der Waals surface area contributed by atoms with Crippen LogP contribution in [0.25, 0.3) is 0 Å². The Labute approximate surface area is 138 Å². The zero-order valence-corrected chi connectivity index (χ0v) is 14.7. The first-order valence-corrected chi connectivity index (χ1v) is 6.90. The Morgan fingerprint density at radius 1 is 1.11 bits per heavy atom. The van der Waals surface area contributed by atoms with Gasteiger partial charge in [0.1, 0.15) is 0 Å². The fourth-order valence-electron chi connectivity index (χ4n) is 1.63. The van der Waals surface area contributed by atoms with Crippen LogP contribution in [0.5, 0.6) is 0 Å². The molecule has 0 saturated heterocycles. The highest BCUT2D eigenvalue weighted by atomic mass is 127. The molecule has 0 aliphatic heterocycles. The number of aryl methyl sites for hydroxylation is 1. The molecular formula is C14H23ClIN3. The lowest BCUT2D eigenvalue weighted by molar-refractivity contribution is 0.795. The molecule has 3 nitrogen and oxygen atoms in total. The monoisotopic (exact) mass is 395 g/mol. The first-order chi connectivity index (χ1) is 8.76. The average Bonchev–Trinajstić information content (AvgIpc) is 2.37. The minimum absolute atomic E-state index is 0. The number of rotatable bonds is 6. The highest BCUT2D eigenvalue weighted by Crippen LogP contribution is 2.10. The largest absolute Gasteiger partial charge is 0.357 e. The van der Waals surface area contributed by atoms with Gasteiger partial charge in [0.25, 0.3) is 0 Å². The van der Waals surface area contributed by atoms with Gasteiger partial charge in [0.05, 0.1) is 0 Å². The van der Waals surface area contributed by atoms with Crippen LogP contribution >= 0.6 is 35.6 Å². The lowest BCUT2D eigenvalue weighted by atomic mass is 10.1. The maximum Gasteiger partial charge on any atom is 0.191 e. The second kappa shape index (κ2) is 11.3. The van der Waals surface area contributed by atoms with Gasteiger partial charge in [-0.15, -0.1) is 24.0 Å². The molecule has 0 radical (unpaired) electrons. The first-order valence-electron chi connectivity index (χ1n) is 6.53. The zero-order chi connectivity index (χ0) is 13.2. The summed E-state index contributed by atoms with van der Waals surface area (Å²) in [6.07, 6.45) is 2.08.